The highest BCUT2D eigenvalue weighted by Crippen LogP contribution is 2.29. The lowest BCUT2D eigenvalue weighted by Crippen LogP contribution is -2.31. The number of amides is 1. The molecule has 0 N–H and O–H groups in total. The fourth-order valence-corrected chi connectivity index (χ4v) is 3.71. The van der Waals surface area contributed by atoms with Crippen LogP contribution in [0.25, 0.3) is 10.9 Å². The Balaban J connectivity index is 1.71. The zero-order valence-corrected chi connectivity index (χ0v) is 14.5. The minimum Gasteiger partial charge on any atom is -0.350 e. The maximum atomic E-state index is 13.0. The fourth-order valence-electron chi connectivity index (χ4n) is 3.71. The fraction of sp³-hybridized carbons (Fsp3) is 0.286. The molecule has 0 bridgehead atoms. The number of rotatable bonds is 1. The Morgan fingerprint density at radius 2 is 1.88 bits per heavy atom. The average molecular weight is 318 g/mol. The van der Waals surface area contributed by atoms with E-state index in [2.05, 4.69) is 49.9 Å². The highest BCUT2D eigenvalue weighted by Gasteiger charge is 2.22. The van der Waals surface area contributed by atoms with Crippen LogP contribution >= 0.6 is 0 Å². The number of carbonyl (C=O) groups is 1. The second kappa shape index (κ2) is 5.52. The molecule has 3 aromatic rings. The van der Waals surface area contributed by atoms with Gasteiger partial charge in [-0.05, 0) is 60.7 Å². The van der Waals surface area contributed by atoms with Crippen molar-refractivity contribution in [3.63, 3.8) is 0 Å². The van der Waals surface area contributed by atoms with Crippen molar-refractivity contribution in [2.75, 3.05) is 6.54 Å². The van der Waals surface area contributed by atoms with Crippen LogP contribution in [0.3, 0.4) is 0 Å². The second-order valence-electron chi connectivity index (χ2n) is 6.85. The van der Waals surface area contributed by atoms with Gasteiger partial charge in [0.15, 0.2) is 0 Å². The quantitative estimate of drug-likeness (QED) is 0.666. The lowest BCUT2D eigenvalue weighted by atomic mass is 10.0. The largest absolute Gasteiger partial charge is 0.350 e. The van der Waals surface area contributed by atoms with Crippen molar-refractivity contribution in [3.8, 4) is 0 Å². The minimum atomic E-state index is 0.129. The molecule has 0 aliphatic carbocycles. The van der Waals surface area contributed by atoms with Crippen molar-refractivity contribution < 1.29 is 4.79 Å². The van der Waals surface area contributed by atoms with Gasteiger partial charge in [0.1, 0.15) is 0 Å². The van der Waals surface area contributed by atoms with Crippen molar-refractivity contribution in [1.82, 2.24) is 9.47 Å². The van der Waals surface area contributed by atoms with Gasteiger partial charge in [0, 0.05) is 42.8 Å². The number of nitrogens with zero attached hydrogens (tertiary/aromatic N) is 2. The molecule has 0 saturated carbocycles. The topological polar surface area (TPSA) is 25.2 Å². The van der Waals surface area contributed by atoms with E-state index in [1.54, 1.807) is 0 Å². The van der Waals surface area contributed by atoms with Gasteiger partial charge in [0.2, 0.25) is 0 Å². The van der Waals surface area contributed by atoms with Crippen LogP contribution in [-0.2, 0) is 20.0 Å². The number of benzene rings is 2. The average Bonchev–Trinajstić information content (AvgIpc) is 2.78. The van der Waals surface area contributed by atoms with Crippen LogP contribution in [0.4, 0.5) is 0 Å². The van der Waals surface area contributed by atoms with E-state index in [1.165, 1.54) is 33.2 Å². The van der Waals surface area contributed by atoms with Crippen LogP contribution in [0.2, 0.25) is 0 Å². The summed E-state index contributed by atoms with van der Waals surface area (Å²) in [5.74, 6) is 0.129. The first kappa shape index (κ1) is 15.0. The van der Waals surface area contributed by atoms with E-state index in [0.717, 1.165) is 18.5 Å². The van der Waals surface area contributed by atoms with Crippen molar-refractivity contribution in [1.29, 1.82) is 0 Å². The van der Waals surface area contributed by atoms with Gasteiger partial charge in [-0.25, -0.2) is 0 Å². The third-order valence-electron chi connectivity index (χ3n) is 5.23. The molecule has 1 aliphatic rings. The number of aromatic nitrogens is 1. The molecule has 0 radical (unpaired) electrons. The summed E-state index contributed by atoms with van der Waals surface area (Å²) in [6, 6.07) is 12.4. The van der Waals surface area contributed by atoms with Gasteiger partial charge >= 0.3 is 0 Å². The van der Waals surface area contributed by atoms with Crippen LogP contribution in [0.5, 0.6) is 0 Å². The summed E-state index contributed by atoms with van der Waals surface area (Å²) in [5.41, 5.74) is 7.03. The molecule has 0 fully saturated rings. The van der Waals surface area contributed by atoms with Crippen LogP contribution in [0.15, 0.2) is 42.6 Å². The number of hydrogen-bond acceptors (Lipinski definition) is 1. The van der Waals surface area contributed by atoms with Crippen LogP contribution < -0.4 is 0 Å². The number of carbonyl (C=O) groups excluding carboxylic acids is 1. The Bertz CT molecular complexity index is 952. The van der Waals surface area contributed by atoms with Gasteiger partial charge in [-0.1, -0.05) is 18.2 Å². The maximum absolute atomic E-state index is 13.0. The third kappa shape index (κ3) is 2.32. The molecule has 2 aromatic carbocycles. The van der Waals surface area contributed by atoms with E-state index in [4.69, 9.17) is 0 Å². The SMILES string of the molecule is Cc1ccc(C(=O)N2CCc3cn(C)c4cccc(c34)C2)cc1C. The normalized spacial score (nSPS) is 14.0. The van der Waals surface area contributed by atoms with Crippen LogP contribution in [0, 0.1) is 13.8 Å². The van der Waals surface area contributed by atoms with Crippen molar-refractivity contribution >= 4 is 16.8 Å². The van der Waals surface area contributed by atoms with E-state index in [1.807, 2.05) is 23.1 Å². The second-order valence-corrected chi connectivity index (χ2v) is 6.85. The van der Waals surface area contributed by atoms with Crippen LogP contribution in [0.1, 0.15) is 32.6 Å². The first-order valence-electron chi connectivity index (χ1n) is 8.47. The molecule has 1 amide bonds. The van der Waals surface area contributed by atoms with E-state index in [-0.39, 0.29) is 5.91 Å². The molecular formula is C21H22N2O. The Labute approximate surface area is 142 Å². The van der Waals surface area contributed by atoms with Gasteiger partial charge in [0.05, 0.1) is 0 Å². The summed E-state index contributed by atoms with van der Waals surface area (Å²) in [6.45, 7) is 5.58. The summed E-state index contributed by atoms with van der Waals surface area (Å²) in [4.78, 5) is 15.0. The van der Waals surface area contributed by atoms with E-state index in [0.29, 0.717) is 6.54 Å². The molecule has 1 aliphatic heterocycles. The summed E-state index contributed by atoms with van der Waals surface area (Å²) in [6.07, 6.45) is 3.11. The molecule has 3 nitrogen and oxygen atoms in total. The van der Waals surface area contributed by atoms with Gasteiger partial charge in [-0.2, -0.15) is 0 Å². The van der Waals surface area contributed by atoms with Crippen LogP contribution in [-0.4, -0.2) is 21.9 Å². The highest BCUT2D eigenvalue weighted by atomic mass is 16.2. The van der Waals surface area contributed by atoms with E-state index < -0.39 is 0 Å². The molecule has 0 spiro atoms. The van der Waals surface area contributed by atoms with Crippen molar-refractivity contribution in [2.45, 2.75) is 26.8 Å². The molecule has 0 unspecified atom stereocenters. The van der Waals surface area contributed by atoms with Gasteiger partial charge in [-0.15, -0.1) is 0 Å². The molecule has 1 aromatic heterocycles. The Morgan fingerprint density at radius 3 is 2.67 bits per heavy atom. The third-order valence-corrected chi connectivity index (χ3v) is 5.23. The zero-order valence-electron chi connectivity index (χ0n) is 14.5. The van der Waals surface area contributed by atoms with E-state index >= 15 is 0 Å². The van der Waals surface area contributed by atoms with E-state index in [9.17, 15) is 4.79 Å². The zero-order chi connectivity index (χ0) is 16.8. The smallest absolute Gasteiger partial charge is 0.254 e. The molecule has 122 valence electrons. The Morgan fingerprint density at radius 1 is 1.04 bits per heavy atom. The molecular weight excluding hydrogens is 296 g/mol. The maximum Gasteiger partial charge on any atom is 0.254 e. The van der Waals surface area contributed by atoms with Gasteiger partial charge < -0.3 is 9.47 Å². The lowest BCUT2D eigenvalue weighted by molar-refractivity contribution is 0.0747. The highest BCUT2D eigenvalue weighted by molar-refractivity contribution is 5.95. The summed E-state index contributed by atoms with van der Waals surface area (Å²) < 4.78 is 2.19. The van der Waals surface area contributed by atoms with Crippen molar-refractivity contribution in [2.24, 2.45) is 7.05 Å². The predicted molar refractivity (Wildman–Crippen MR) is 97.3 cm³/mol. The Kier molecular flexibility index (Phi) is 3.45. The Hall–Kier alpha value is -2.55. The molecule has 3 heteroatoms. The first-order valence-corrected chi connectivity index (χ1v) is 8.47. The summed E-state index contributed by atoms with van der Waals surface area (Å²) in [5, 5.41) is 1.33. The molecule has 0 atom stereocenters. The summed E-state index contributed by atoms with van der Waals surface area (Å²) in [7, 11) is 2.09. The monoisotopic (exact) mass is 318 g/mol. The molecule has 4 rings (SSSR count). The van der Waals surface area contributed by atoms with Crippen molar-refractivity contribution in [3.05, 3.63) is 70.4 Å². The first-order chi connectivity index (χ1) is 11.5. The molecule has 24 heavy (non-hydrogen) atoms. The standard InChI is InChI=1S/C21H22N2O/c1-14-7-8-16(11-15(14)2)21(24)23-10-9-18-12-22(3)19-6-4-5-17(13-23)20(18)19/h4-8,11-12H,9-10,13H2,1-3H3. The van der Waals surface area contributed by atoms with Gasteiger partial charge in [-0.3, -0.25) is 4.79 Å². The lowest BCUT2D eigenvalue weighted by Gasteiger charge is -2.22. The molecule has 2 heterocycles. The minimum absolute atomic E-state index is 0.129. The molecule has 0 saturated heterocycles. The predicted octanol–water partition coefficient (Wildman–Crippen LogP) is 3.99. The van der Waals surface area contributed by atoms with Gasteiger partial charge in [0.25, 0.3) is 5.91 Å². The number of aryl methyl sites for hydroxylation is 3. The summed E-state index contributed by atoms with van der Waals surface area (Å²) >= 11 is 0. The number of hydrogen-bond donors (Lipinski definition) is 0.